The third kappa shape index (κ3) is 4.72. The summed E-state index contributed by atoms with van der Waals surface area (Å²) in [6.45, 7) is 0. The molecule has 166 valence electrons. The van der Waals surface area contributed by atoms with Gasteiger partial charge in [0.15, 0.2) is 0 Å². The smallest absolute Gasteiger partial charge is 0.0463 e. The maximum atomic E-state index is 2.30. The maximum absolute atomic E-state index is 2.30. The fraction of sp³-hybridized carbons (Fsp3) is 0.0625. The van der Waals surface area contributed by atoms with E-state index in [1.54, 1.807) is 0 Å². The second-order valence-corrected chi connectivity index (χ2v) is 8.31. The van der Waals surface area contributed by atoms with Crippen LogP contribution >= 0.6 is 0 Å². The van der Waals surface area contributed by atoms with E-state index < -0.39 is 0 Å². The van der Waals surface area contributed by atoms with Crippen LogP contribution in [0.5, 0.6) is 0 Å². The van der Waals surface area contributed by atoms with E-state index in [0.29, 0.717) is 0 Å². The van der Waals surface area contributed by atoms with Crippen molar-refractivity contribution in [3.63, 3.8) is 0 Å². The molecule has 4 aromatic carbocycles. The Balaban J connectivity index is 1.47. The fourth-order valence-electron chi connectivity index (χ4n) is 4.25. The largest absolute Gasteiger partial charge is 0.345 e. The van der Waals surface area contributed by atoms with Crippen molar-refractivity contribution in [1.82, 2.24) is 0 Å². The van der Waals surface area contributed by atoms with Crippen molar-refractivity contribution >= 4 is 22.7 Å². The lowest BCUT2D eigenvalue weighted by molar-refractivity contribution is 1.12. The summed E-state index contributed by atoms with van der Waals surface area (Å²) in [5.74, 6) is 0. The van der Waals surface area contributed by atoms with E-state index >= 15 is 0 Å². The summed E-state index contributed by atoms with van der Waals surface area (Å²) in [4.78, 5) is 4.53. The molecule has 0 atom stereocenters. The van der Waals surface area contributed by atoms with E-state index in [9.17, 15) is 0 Å². The van der Waals surface area contributed by atoms with Crippen LogP contribution in [0.1, 0.15) is 6.42 Å². The van der Waals surface area contributed by atoms with Gasteiger partial charge in [0.05, 0.1) is 0 Å². The highest BCUT2D eigenvalue weighted by atomic mass is 15.1. The summed E-state index contributed by atoms with van der Waals surface area (Å²) in [6, 6.07) is 38.6. The van der Waals surface area contributed by atoms with Crippen molar-refractivity contribution < 1.29 is 0 Å². The van der Waals surface area contributed by atoms with Gasteiger partial charge in [0.25, 0.3) is 0 Å². The first-order valence-corrected chi connectivity index (χ1v) is 11.7. The Bertz CT molecular complexity index is 1300. The van der Waals surface area contributed by atoms with Crippen LogP contribution in [0.4, 0.5) is 22.7 Å². The summed E-state index contributed by atoms with van der Waals surface area (Å²) in [6.07, 6.45) is 11.7. The number of benzene rings is 4. The van der Waals surface area contributed by atoms with Gasteiger partial charge in [-0.25, -0.2) is 0 Å². The Morgan fingerprint density at radius 1 is 0.529 bits per heavy atom. The molecule has 34 heavy (non-hydrogen) atoms. The molecule has 0 aliphatic heterocycles. The molecule has 5 rings (SSSR count). The van der Waals surface area contributed by atoms with Gasteiger partial charge in [0.2, 0.25) is 0 Å². The van der Waals surface area contributed by atoms with Gasteiger partial charge in [-0.2, -0.15) is 0 Å². The summed E-state index contributed by atoms with van der Waals surface area (Å²) < 4.78 is 0. The predicted octanol–water partition coefficient (Wildman–Crippen LogP) is 8.66. The van der Waals surface area contributed by atoms with Crippen LogP contribution in [0.15, 0.2) is 145 Å². The van der Waals surface area contributed by atoms with Gasteiger partial charge in [-0.3, -0.25) is 0 Å². The zero-order chi connectivity index (χ0) is 23.2. The van der Waals surface area contributed by atoms with Gasteiger partial charge in [-0.05, 0) is 72.2 Å². The molecule has 0 bridgehead atoms. The molecule has 2 nitrogen and oxygen atoms in total. The summed E-state index contributed by atoms with van der Waals surface area (Å²) in [5.41, 5.74) is 8.20. The average molecular weight is 441 g/mol. The minimum absolute atomic E-state index is 0.950. The minimum atomic E-state index is 0.950. The lowest BCUT2D eigenvalue weighted by atomic mass is 10.0. The monoisotopic (exact) mass is 440 g/mol. The highest BCUT2D eigenvalue weighted by Gasteiger charge is 2.13. The van der Waals surface area contributed by atoms with E-state index in [0.717, 1.165) is 29.2 Å². The third-order valence-electron chi connectivity index (χ3n) is 6.11. The van der Waals surface area contributed by atoms with Crippen molar-refractivity contribution in [2.75, 3.05) is 16.8 Å². The topological polar surface area (TPSA) is 6.48 Å². The van der Waals surface area contributed by atoms with E-state index in [2.05, 4.69) is 156 Å². The van der Waals surface area contributed by atoms with Gasteiger partial charge >= 0.3 is 0 Å². The van der Waals surface area contributed by atoms with Crippen LogP contribution in [0, 0.1) is 0 Å². The van der Waals surface area contributed by atoms with Gasteiger partial charge in [0, 0.05) is 35.5 Å². The number of hydrogen-bond acceptors (Lipinski definition) is 2. The van der Waals surface area contributed by atoms with Crippen LogP contribution < -0.4 is 9.80 Å². The standard InChI is InChI=1S/C32H28N2/c1-33(28-14-8-2-3-9-15-28)29-22-24-32(25-23-29)34(30-16-10-5-11-17-30)31-20-18-27(19-21-31)26-12-6-4-7-13-26/h2-8,10-25H,9H2,1H3. The van der Waals surface area contributed by atoms with Crippen LogP contribution in [0.2, 0.25) is 0 Å². The molecule has 0 fully saturated rings. The zero-order valence-electron chi connectivity index (χ0n) is 19.4. The molecule has 4 aromatic rings. The van der Waals surface area contributed by atoms with E-state index in [1.165, 1.54) is 16.8 Å². The molecule has 0 N–H and O–H groups in total. The number of nitrogens with zero attached hydrogens (tertiary/aromatic N) is 2. The lowest BCUT2D eigenvalue weighted by Gasteiger charge is -2.27. The third-order valence-corrected chi connectivity index (χ3v) is 6.11. The highest BCUT2D eigenvalue weighted by molar-refractivity contribution is 5.79. The Labute approximate surface area is 202 Å². The number of likely N-dealkylation sites (N-methyl/N-ethyl adjacent to an activating group) is 1. The van der Waals surface area contributed by atoms with E-state index in [4.69, 9.17) is 0 Å². The van der Waals surface area contributed by atoms with Gasteiger partial charge < -0.3 is 9.80 Å². The minimum Gasteiger partial charge on any atom is -0.345 e. The molecule has 1 aliphatic rings. The van der Waals surface area contributed by atoms with Crippen LogP contribution in [-0.2, 0) is 0 Å². The van der Waals surface area contributed by atoms with Crippen molar-refractivity contribution in [1.29, 1.82) is 0 Å². The first-order chi connectivity index (χ1) is 16.8. The second kappa shape index (κ2) is 10.1. The lowest BCUT2D eigenvalue weighted by Crippen LogP contribution is -2.15. The predicted molar refractivity (Wildman–Crippen MR) is 146 cm³/mol. The summed E-state index contributed by atoms with van der Waals surface area (Å²) in [7, 11) is 2.12. The highest BCUT2D eigenvalue weighted by Crippen LogP contribution is 2.36. The van der Waals surface area contributed by atoms with E-state index in [-0.39, 0.29) is 0 Å². The van der Waals surface area contributed by atoms with Crippen molar-refractivity contribution in [2.45, 2.75) is 6.42 Å². The number of para-hydroxylation sites is 1. The Hall–Kier alpha value is -4.30. The molecule has 0 unspecified atom stereocenters. The molecule has 0 spiro atoms. The maximum Gasteiger partial charge on any atom is 0.0463 e. The number of allylic oxidation sites excluding steroid dienone is 5. The zero-order valence-corrected chi connectivity index (χ0v) is 19.4. The van der Waals surface area contributed by atoms with Crippen molar-refractivity contribution in [3.05, 3.63) is 145 Å². The second-order valence-electron chi connectivity index (χ2n) is 8.31. The Morgan fingerprint density at radius 2 is 1.06 bits per heavy atom. The average Bonchev–Trinajstić information content (AvgIpc) is 3.20. The normalized spacial score (nSPS) is 12.7. The molecule has 1 aliphatic carbocycles. The number of hydrogen-bond donors (Lipinski definition) is 0. The van der Waals surface area contributed by atoms with Crippen LogP contribution in [-0.4, -0.2) is 7.05 Å². The van der Waals surface area contributed by atoms with Gasteiger partial charge in [-0.1, -0.05) is 85.0 Å². The molecule has 0 saturated carbocycles. The molecule has 0 heterocycles. The molecule has 0 saturated heterocycles. The first kappa shape index (κ1) is 21.5. The molecular formula is C32H28N2. The molecule has 0 aromatic heterocycles. The Morgan fingerprint density at radius 3 is 1.74 bits per heavy atom. The summed E-state index contributed by atoms with van der Waals surface area (Å²) >= 11 is 0. The van der Waals surface area contributed by atoms with Crippen molar-refractivity contribution in [3.8, 4) is 11.1 Å². The first-order valence-electron chi connectivity index (χ1n) is 11.7. The molecule has 2 heteroatoms. The van der Waals surface area contributed by atoms with Crippen molar-refractivity contribution in [2.24, 2.45) is 0 Å². The van der Waals surface area contributed by atoms with Gasteiger partial charge in [0.1, 0.15) is 0 Å². The van der Waals surface area contributed by atoms with E-state index in [1.807, 2.05) is 0 Å². The molecular weight excluding hydrogens is 412 g/mol. The summed E-state index contributed by atoms with van der Waals surface area (Å²) in [5, 5.41) is 0. The molecule has 0 radical (unpaired) electrons. The fourth-order valence-corrected chi connectivity index (χ4v) is 4.25. The van der Waals surface area contributed by atoms with Gasteiger partial charge in [-0.15, -0.1) is 0 Å². The Kier molecular flexibility index (Phi) is 6.40. The number of rotatable bonds is 6. The molecule has 0 amide bonds. The quantitative estimate of drug-likeness (QED) is 0.296. The SMILES string of the molecule is CN(C1=CCC=CC=C1)c1ccc(N(c2ccccc2)c2ccc(-c3ccccc3)cc2)cc1. The number of anilines is 4. The van der Waals surface area contributed by atoms with Crippen LogP contribution in [0.25, 0.3) is 11.1 Å². The van der Waals surface area contributed by atoms with Crippen LogP contribution in [0.3, 0.4) is 0 Å².